The van der Waals surface area contributed by atoms with Gasteiger partial charge in [-0.3, -0.25) is 0 Å². The minimum absolute atomic E-state index is 0.205. The number of aromatic carboxylic acids is 1. The molecule has 1 aliphatic rings. The second-order valence-corrected chi connectivity index (χ2v) is 3.00. The third-order valence-corrected chi connectivity index (χ3v) is 1.86. The zero-order chi connectivity index (χ0) is 10.1. The molecule has 0 aromatic heterocycles. The van der Waals surface area contributed by atoms with Crippen molar-refractivity contribution >= 4 is 11.7 Å². The maximum absolute atomic E-state index is 10.7. The molecule has 0 saturated carbocycles. The summed E-state index contributed by atoms with van der Waals surface area (Å²) in [6.45, 7) is 2.02. The first kappa shape index (κ1) is 8.98. The summed E-state index contributed by atoms with van der Waals surface area (Å²) in [5.74, 6) is -0.963. The van der Waals surface area contributed by atoms with Gasteiger partial charge in [-0.15, -0.1) is 5.23 Å². The van der Waals surface area contributed by atoms with Crippen LogP contribution in [-0.4, -0.2) is 17.9 Å². The largest absolute Gasteiger partial charge is 0.478 e. The van der Waals surface area contributed by atoms with Crippen molar-refractivity contribution in [3.05, 3.63) is 29.3 Å². The molecule has 5 nitrogen and oxygen atoms in total. The fourth-order valence-corrected chi connectivity index (χ4v) is 1.25. The molecule has 1 heterocycles. The Balaban J connectivity index is 2.35. The summed E-state index contributed by atoms with van der Waals surface area (Å²) in [5, 5.41) is 10.00. The van der Waals surface area contributed by atoms with E-state index in [0.29, 0.717) is 5.69 Å². The van der Waals surface area contributed by atoms with E-state index in [4.69, 9.17) is 14.8 Å². The van der Waals surface area contributed by atoms with Crippen LogP contribution in [0.5, 0.6) is 0 Å². The Kier molecular flexibility index (Phi) is 2.11. The monoisotopic (exact) mass is 195 g/mol. The minimum Gasteiger partial charge on any atom is -0.478 e. The first-order valence-electron chi connectivity index (χ1n) is 4.08. The average Bonchev–Trinajstić information content (AvgIpc) is 1.99. The van der Waals surface area contributed by atoms with Crippen LogP contribution in [-0.2, 0) is 9.68 Å². The molecule has 1 saturated heterocycles. The number of anilines is 1. The summed E-state index contributed by atoms with van der Waals surface area (Å²) in [7, 11) is 0. The second-order valence-electron chi connectivity index (χ2n) is 3.00. The molecule has 0 spiro atoms. The molecule has 0 amide bonds. The molecule has 0 aliphatic carbocycles. The van der Waals surface area contributed by atoms with E-state index in [1.165, 1.54) is 11.3 Å². The summed E-state index contributed by atoms with van der Waals surface area (Å²) in [6, 6.07) is 4.87. The van der Waals surface area contributed by atoms with E-state index >= 15 is 0 Å². The number of rotatable bonds is 2. The molecule has 1 aromatic rings. The Morgan fingerprint density at radius 3 is 2.64 bits per heavy atom. The van der Waals surface area contributed by atoms with Crippen LogP contribution in [0.1, 0.15) is 15.9 Å². The Labute approximate surface area is 80.4 Å². The van der Waals surface area contributed by atoms with E-state index in [1.807, 2.05) is 6.92 Å². The van der Waals surface area contributed by atoms with Crippen molar-refractivity contribution in [3.63, 3.8) is 0 Å². The normalized spacial score (nSPS) is 15.1. The van der Waals surface area contributed by atoms with Gasteiger partial charge >= 0.3 is 5.97 Å². The highest BCUT2D eigenvalue weighted by atomic mass is 17.1. The van der Waals surface area contributed by atoms with E-state index in [9.17, 15) is 4.79 Å². The fourth-order valence-electron chi connectivity index (χ4n) is 1.25. The molecule has 2 rings (SSSR count). The van der Waals surface area contributed by atoms with Crippen LogP contribution in [0.4, 0.5) is 5.69 Å². The molecule has 1 fully saturated rings. The standard InChI is InChI=1S/C9H9NO4/c1-6-2-7(9(11)12)4-8(3-6)10-13-5-14-10/h2-4H,5H2,1H3,(H,11,12). The van der Waals surface area contributed by atoms with Crippen molar-refractivity contribution in [2.24, 2.45) is 0 Å². The SMILES string of the molecule is Cc1cc(C(=O)O)cc(N2OCO2)c1. The maximum Gasteiger partial charge on any atom is 0.335 e. The third-order valence-electron chi connectivity index (χ3n) is 1.86. The predicted octanol–water partition coefficient (Wildman–Crippen LogP) is 1.33. The van der Waals surface area contributed by atoms with Gasteiger partial charge in [0.25, 0.3) is 0 Å². The highest BCUT2D eigenvalue weighted by Crippen LogP contribution is 2.23. The molecule has 5 heteroatoms. The molecule has 74 valence electrons. The molecular formula is C9H9NO4. The van der Waals surface area contributed by atoms with Gasteiger partial charge in [-0.25, -0.2) is 14.5 Å². The van der Waals surface area contributed by atoms with Crippen molar-refractivity contribution in [1.82, 2.24) is 0 Å². The molecule has 0 radical (unpaired) electrons. The van der Waals surface area contributed by atoms with Crippen LogP contribution in [0.25, 0.3) is 0 Å². The van der Waals surface area contributed by atoms with Crippen molar-refractivity contribution in [3.8, 4) is 0 Å². The van der Waals surface area contributed by atoms with E-state index in [1.54, 1.807) is 12.1 Å². The molecule has 0 unspecified atom stereocenters. The van der Waals surface area contributed by atoms with E-state index in [-0.39, 0.29) is 12.4 Å². The molecular weight excluding hydrogens is 186 g/mol. The lowest BCUT2D eigenvalue weighted by atomic mass is 10.1. The molecule has 0 bridgehead atoms. The van der Waals surface area contributed by atoms with Crippen LogP contribution in [0.15, 0.2) is 18.2 Å². The lowest BCUT2D eigenvalue weighted by Gasteiger charge is -2.30. The predicted molar refractivity (Wildman–Crippen MR) is 47.7 cm³/mol. The van der Waals surface area contributed by atoms with Gasteiger partial charge in [0.05, 0.1) is 11.3 Å². The van der Waals surface area contributed by atoms with Gasteiger partial charge in [0.1, 0.15) is 0 Å². The van der Waals surface area contributed by atoms with Crippen LogP contribution in [0.2, 0.25) is 0 Å². The van der Waals surface area contributed by atoms with Crippen LogP contribution >= 0.6 is 0 Å². The first-order valence-corrected chi connectivity index (χ1v) is 4.08. The second kappa shape index (κ2) is 3.28. The Morgan fingerprint density at radius 1 is 1.43 bits per heavy atom. The van der Waals surface area contributed by atoms with Crippen molar-refractivity contribution in [2.45, 2.75) is 6.92 Å². The van der Waals surface area contributed by atoms with Gasteiger partial charge in [0, 0.05) is 0 Å². The molecule has 1 aromatic carbocycles. The van der Waals surface area contributed by atoms with Gasteiger partial charge in [-0.2, -0.15) is 0 Å². The Morgan fingerprint density at radius 2 is 2.14 bits per heavy atom. The van der Waals surface area contributed by atoms with Crippen LogP contribution in [0.3, 0.4) is 0 Å². The topological polar surface area (TPSA) is 59.0 Å². The maximum atomic E-state index is 10.7. The zero-order valence-corrected chi connectivity index (χ0v) is 7.56. The first-order chi connectivity index (χ1) is 6.66. The quantitative estimate of drug-likeness (QED) is 0.771. The zero-order valence-electron chi connectivity index (χ0n) is 7.56. The number of nitrogens with zero attached hydrogens (tertiary/aromatic N) is 1. The number of hydrogen-bond donors (Lipinski definition) is 1. The number of carbonyl (C=O) groups is 1. The lowest BCUT2D eigenvalue weighted by molar-refractivity contribution is -0.277. The molecule has 1 aliphatic heterocycles. The summed E-state index contributed by atoms with van der Waals surface area (Å²) >= 11 is 0. The van der Waals surface area contributed by atoms with E-state index in [0.717, 1.165) is 5.56 Å². The minimum atomic E-state index is -0.963. The molecule has 1 N–H and O–H groups in total. The number of carboxylic acid groups (broad SMARTS) is 1. The van der Waals surface area contributed by atoms with Crippen LogP contribution in [0, 0.1) is 6.92 Å². The van der Waals surface area contributed by atoms with Gasteiger partial charge in [0.2, 0.25) is 6.79 Å². The van der Waals surface area contributed by atoms with E-state index < -0.39 is 5.97 Å². The van der Waals surface area contributed by atoms with Gasteiger partial charge in [-0.1, -0.05) is 0 Å². The highest BCUT2D eigenvalue weighted by molar-refractivity contribution is 5.89. The number of hydrogen-bond acceptors (Lipinski definition) is 4. The van der Waals surface area contributed by atoms with E-state index in [2.05, 4.69) is 0 Å². The van der Waals surface area contributed by atoms with Gasteiger partial charge < -0.3 is 5.11 Å². The summed E-state index contributed by atoms with van der Waals surface area (Å²) in [5.41, 5.74) is 1.66. The van der Waals surface area contributed by atoms with Crippen molar-refractivity contribution in [1.29, 1.82) is 0 Å². The number of benzene rings is 1. The number of aryl methyl sites for hydroxylation is 1. The summed E-state index contributed by atoms with van der Waals surface area (Å²) < 4.78 is 0. The van der Waals surface area contributed by atoms with Gasteiger partial charge in [-0.05, 0) is 30.7 Å². The smallest absolute Gasteiger partial charge is 0.335 e. The summed E-state index contributed by atoms with van der Waals surface area (Å²) in [4.78, 5) is 20.6. The number of carboxylic acids is 1. The van der Waals surface area contributed by atoms with Crippen molar-refractivity contribution < 1.29 is 19.6 Å². The van der Waals surface area contributed by atoms with Crippen LogP contribution < -0.4 is 5.23 Å². The van der Waals surface area contributed by atoms with Gasteiger partial charge in [0.15, 0.2) is 0 Å². The van der Waals surface area contributed by atoms with Crippen molar-refractivity contribution in [2.75, 3.05) is 12.0 Å². The Hall–Kier alpha value is -1.59. The average molecular weight is 195 g/mol. The Bertz CT molecular complexity index is 373. The molecule has 14 heavy (non-hydrogen) atoms. The summed E-state index contributed by atoms with van der Waals surface area (Å²) in [6.07, 6.45) is 0. The lowest BCUT2D eigenvalue weighted by Crippen LogP contribution is -2.36. The third kappa shape index (κ3) is 1.55. The highest BCUT2D eigenvalue weighted by Gasteiger charge is 2.19. The molecule has 0 atom stereocenters. The fraction of sp³-hybridized carbons (Fsp3) is 0.222.